The monoisotopic (exact) mass is 417 g/mol. The second kappa shape index (κ2) is 10.3. The van der Waals surface area contributed by atoms with Crippen LogP contribution in [0.2, 0.25) is 0 Å². The van der Waals surface area contributed by atoms with Crippen molar-refractivity contribution < 1.29 is 14.3 Å². The molecule has 160 valence electrons. The Hall–Kier alpha value is -3.80. The molecule has 0 heterocycles. The van der Waals surface area contributed by atoms with Crippen molar-refractivity contribution in [2.75, 3.05) is 29.1 Å². The normalized spacial score (nSPS) is 10.3. The smallest absolute Gasteiger partial charge is 0.255 e. The zero-order valence-electron chi connectivity index (χ0n) is 18.0. The van der Waals surface area contributed by atoms with Crippen LogP contribution in [0.5, 0.6) is 5.75 Å². The summed E-state index contributed by atoms with van der Waals surface area (Å²) in [7, 11) is 0. The lowest BCUT2D eigenvalue weighted by atomic mass is 10.1. The molecule has 3 aromatic carbocycles. The van der Waals surface area contributed by atoms with E-state index in [2.05, 4.69) is 16.0 Å². The van der Waals surface area contributed by atoms with E-state index >= 15 is 0 Å². The molecule has 6 nitrogen and oxygen atoms in total. The highest BCUT2D eigenvalue weighted by Gasteiger charge is 2.08. The molecule has 3 aromatic rings. The quantitative estimate of drug-likeness (QED) is 0.482. The van der Waals surface area contributed by atoms with Gasteiger partial charge in [-0.2, -0.15) is 0 Å². The molecule has 3 rings (SSSR count). The highest BCUT2D eigenvalue weighted by atomic mass is 16.5. The number of carbonyl (C=O) groups excluding carboxylic acids is 2. The molecular formula is C25H27N3O3. The predicted molar refractivity (Wildman–Crippen MR) is 125 cm³/mol. The number of nitrogens with one attached hydrogen (secondary N) is 3. The lowest BCUT2D eigenvalue weighted by Gasteiger charge is -2.10. The number of anilines is 3. The van der Waals surface area contributed by atoms with Crippen molar-refractivity contribution in [1.82, 2.24) is 0 Å². The average Bonchev–Trinajstić information content (AvgIpc) is 2.76. The minimum Gasteiger partial charge on any atom is -0.494 e. The Labute approximate surface area is 182 Å². The van der Waals surface area contributed by atoms with E-state index in [1.54, 1.807) is 36.4 Å². The van der Waals surface area contributed by atoms with Gasteiger partial charge in [-0.1, -0.05) is 6.07 Å². The number of carbonyl (C=O) groups is 2. The predicted octanol–water partition coefficient (Wildman–Crippen LogP) is 5.01. The summed E-state index contributed by atoms with van der Waals surface area (Å²) in [5.74, 6) is 0.371. The molecule has 0 unspecified atom stereocenters. The number of hydrogen-bond acceptors (Lipinski definition) is 4. The lowest BCUT2D eigenvalue weighted by molar-refractivity contribution is -0.114. The topological polar surface area (TPSA) is 79.5 Å². The van der Waals surface area contributed by atoms with E-state index in [0.29, 0.717) is 23.5 Å². The Bertz CT molecular complexity index is 1040. The number of aryl methyl sites for hydroxylation is 2. The van der Waals surface area contributed by atoms with Crippen LogP contribution in [-0.4, -0.2) is 25.0 Å². The molecule has 3 N–H and O–H groups in total. The van der Waals surface area contributed by atoms with Gasteiger partial charge in [-0.05, 0) is 92.6 Å². The van der Waals surface area contributed by atoms with Gasteiger partial charge in [0.15, 0.2) is 0 Å². The Morgan fingerprint density at radius 2 is 1.39 bits per heavy atom. The number of benzene rings is 3. The van der Waals surface area contributed by atoms with Gasteiger partial charge in [0.05, 0.1) is 13.2 Å². The molecule has 0 aromatic heterocycles. The van der Waals surface area contributed by atoms with Gasteiger partial charge in [-0.3, -0.25) is 9.59 Å². The zero-order chi connectivity index (χ0) is 22.2. The molecule has 31 heavy (non-hydrogen) atoms. The molecule has 6 heteroatoms. The fraction of sp³-hybridized carbons (Fsp3) is 0.200. The van der Waals surface area contributed by atoms with Crippen LogP contribution in [-0.2, 0) is 4.79 Å². The van der Waals surface area contributed by atoms with Crippen LogP contribution in [0.15, 0.2) is 66.7 Å². The molecule has 0 spiro atoms. The van der Waals surface area contributed by atoms with Crippen LogP contribution >= 0.6 is 0 Å². The Morgan fingerprint density at radius 3 is 2.03 bits per heavy atom. The molecule has 0 aliphatic heterocycles. The Morgan fingerprint density at radius 1 is 0.774 bits per heavy atom. The van der Waals surface area contributed by atoms with Gasteiger partial charge in [-0.25, -0.2) is 0 Å². The number of ether oxygens (including phenoxy) is 1. The molecule has 0 aliphatic carbocycles. The zero-order valence-corrected chi connectivity index (χ0v) is 18.0. The SMILES string of the molecule is CCOc1ccc(NC(=O)c2ccc(NC(=O)CNc3ccc(C)c(C)c3)cc2)cc1. The van der Waals surface area contributed by atoms with Gasteiger partial charge < -0.3 is 20.7 Å². The van der Waals surface area contributed by atoms with Gasteiger partial charge in [0, 0.05) is 22.6 Å². The van der Waals surface area contributed by atoms with Crippen molar-refractivity contribution in [3.05, 3.63) is 83.4 Å². The third-order valence-corrected chi connectivity index (χ3v) is 4.81. The third-order valence-electron chi connectivity index (χ3n) is 4.81. The summed E-state index contributed by atoms with van der Waals surface area (Å²) in [6, 6.07) is 20.0. The number of amides is 2. The average molecular weight is 418 g/mol. The van der Waals surface area contributed by atoms with Crippen molar-refractivity contribution in [2.45, 2.75) is 20.8 Å². The van der Waals surface area contributed by atoms with Gasteiger partial charge in [0.2, 0.25) is 5.91 Å². The maximum atomic E-state index is 12.4. The molecule has 2 amide bonds. The van der Waals surface area contributed by atoms with Crippen LogP contribution in [0.3, 0.4) is 0 Å². The minimum absolute atomic E-state index is 0.155. The lowest BCUT2D eigenvalue weighted by Crippen LogP contribution is -2.21. The largest absolute Gasteiger partial charge is 0.494 e. The van der Waals surface area contributed by atoms with Crippen molar-refractivity contribution in [3.63, 3.8) is 0 Å². The van der Waals surface area contributed by atoms with E-state index in [1.165, 1.54) is 11.1 Å². The highest BCUT2D eigenvalue weighted by molar-refractivity contribution is 6.04. The van der Waals surface area contributed by atoms with Crippen molar-refractivity contribution >= 4 is 28.9 Å². The molecule has 0 aliphatic rings. The molecule has 0 bridgehead atoms. The fourth-order valence-electron chi connectivity index (χ4n) is 2.95. The second-order valence-corrected chi connectivity index (χ2v) is 7.19. The minimum atomic E-state index is -0.224. The van der Waals surface area contributed by atoms with Crippen LogP contribution in [0.4, 0.5) is 17.1 Å². The molecule has 0 atom stereocenters. The highest BCUT2D eigenvalue weighted by Crippen LogP contribution is 2.17. The maximum absolute atomic E-state index is 12.4. The third kappa shape index (κ3) is 6.34. The molecular weight excluding hydrogens is 390 g/mol. The van der Waals surface area contributed by atoms with Crippen LogP contribution in [0.25, 0.3) is 0 Å². The summed E-state index contributed by atoms with van der Waals surface area (Å²) < 4.78 is 5.40. The summed E-state index contributed by atoms with van der Waals surface area (Å²) >= 11 is 0. The first-order chi connectivity index (χ1) is 14.9. The molecule has 0 radical (unpaired) electrons. The van der Waals surface area contributed by atoms with Gasteiger partial charge in [0.1, 0.15) is 5.75 Å². The maximum Gasteiger partial charge on any atom is 0.255 e. The summed E-state index contributed by atoms with van der Waals surface area (Å²) in [6.07, 6.45) is 0. The van der Waals surface area contributed by atoms with Crippen LogP contribution in [0.1, 0.15) is 28.4 Å². The van der Waals surface area contributed by atoms with E-state index in [4.69, 9.17) is 4.74 Å². The number of rotatable bonds is 8. The molecule has 0 saturated carbocycles. The van der Waals surface area contributed by atoms with E-state index in [-0.39, 0.29) is 18.4 Å². The van der Waals surface area contributed by atoms with Crippen molar-refractivity contribution in [1.29, 1.82) is 0 Å². The first kappa shape index (κ1) is 21.9. The molecule has 0 fully saturated rings. The van der Waals surface area contributed by atoms with Crippen molar-refractivity contribution in [3.8, 4) is 5.75 Å². The molecule has 0 saturated heterocycles. The fourth-order valence-corrected chi connectivity index (χ4v) is 2.95. The van der Waals surface area contributed by atoms with Crippen LogP contribution in [0, 0.1) is 13.8 Å². The van der Waals surface area contributed by atoms with E-state index < -0.39 is 0 Å². The summed E-state index contributed by atoms with van der Waals surface area (Å²) in [5, 5.41) is 8.78. The first-order valence-corrected chi connectivity index (χ1v) is 10.2. The van der Waals surface area contributed by atoms with E-state index in [0.717, 1.165) is 11.4 Å². The van der Waals surface area contributed by atoms with Crippen LogP contribution < -0.4 is 20.7 Å². The summed E-state index contributed by atoms with van der Waals surface area (Å²) in [4.78, 5) is 24.6. The second-order valence-electron chi connectivity index (χ2n) is 7.19. The Balaban J connectivity index is 1.51. The summed E-state index contributed by atoms with van der Waals surface area (Å²) in [6.45, 7) is 6.75. The van der Waals surface area contributed by atoms with Gasteiger partial charge in [-0.15, -0.1) is 0 Å². The van der Waals surface area contributed by atoms with E-state index in [1.807, 2.05) is 51.1 Å². The Kier molecular flexibility index (Phi) is 7.27. The van der Waals surface area contributed by atoms with E-state index in [9.17, 15) is 9.59 Å². The first-order valence-electron chi connectivity index (χ1n) is 10.2. The summed E-state index contributed by atoms with van der Waals surface area (Å²) in [5.41, 5.74) is 5.10. The van der Waals surface area contributed by atoms with Gasteiger partial charge >= 0.3 is 0 Å². The van der Waals surface area contributed by atoms with Gasteiger partial charge in [0.25, 0.3) is 5.91 Å². The standard InChI is InChI=1S/C25H27N3O3/c1-4-31-23-13-11-21(12-14-23)28-25(30)19-6-9-20(10-7-19)27-24(29)16-26-22-8-5-17(2)18(3)15-22/h5-15,26H,4,16H2,1-3H3,(H,27,29)(H,28,30). The number of hydrogen-bond donors (Lipinski definition) is 3. The van der Waals surface area contributed by atoms with Crippen molar-refractivity contribution in [2.24, 2.45) is 0 Å².